The van der Waals surface area contributed by atoms with Crippen LogP contribution in [0.5, 0.6) is 5.75 Å². The minimum Gasteiger partial charge on any atom is -0.497 e. The van der Waals surface area contributed by atoms with Gasteiger partial charge in [0.05, 0.1) is 12.8 Å². The van der Waals surface area contributed by atoms with Crippen molar-refractivity contribution >= 4 is 17.7 Å². The standard InChI is InChI=1S/C12H12FNO5/c1-3-4-19-12(17)14-9-6-7(18-2)5-8(13)10(9)11(15)16/h3,5-6H,1,4H2,2H3,(H,14,17)(H,15,16). The number of rotatable bonds is 5. The molecule has 0 aliphatic rings. The molecular weight excluding hydrogens is 257 g/mol. The number of benzene rings is 1. The smallest absolute Gasteiger partial charge is 0.411 e. The predicted octanol–water partition coefficient (Wildman–Crippen LogP) is 2.27. The Morgan fingerprint density at radius 3 is 2.74 bits per heavy atom. The summed E-state index contributed by atoms with van der Waals surface area (Å²) in [6, 6.07) is 2.09. The fraction of sp³-hybridized carbons (Fsp3) is 0.167. The van der Waals surface area contributed by atoms with Crippen LogP contribution in [-0.2, 0) is 4.74 Å². The molecule has 0 atom stereocenters. The van der Waals surface area contributed by atoms with Crippen LogP contribution in [0.15, 0.2) is 24.8 Å². The van der Waals surface area contributed by atoms with E-state index >= 15 is 0 Å². The lowest BCUT2D eigenvalue weighted by atomic mass is 10.1. The lowest BCUT2D eigenvalue weighted by molar-refractivity contribution is 0.0693. The highest BCUT2D eigenvalue weighted by Crippen LogP contribution is 2.26. The van der Waals surface area contributed by atoms with Gasteiger partial charge in [-0.1, -0.05) is 12.7 Å². The molecule has 1 aromatic carbocycles. The number of carbonyl (C=O) groups is 2. The van der Waals surface area contributed by atoms with E-state index in [4.69, 9.17) is 9.84 Å². The van der Waals surface area contributed by atoms with Crippen molar-refractivity contribution in [3.63, 3.8) is 0 Å². The van der Waals surface area contributed by atoms with Crippen molar-refractivity contribution in [3.05, 3.63) is 36.2 Å². The largest absolute Gasteiger partial charge is 0.497 e. The lowest BCUT2D eigenvalue weighted by Gasteiger charge is -2.11. The topological polar surface area (TPSA) is 84.9 Å². The summed E-state index contributed by atoms with van der Waals surface area (Å²) in [5, 5.41) is 11.0. The van der Waals surface area contributed by atoms with Crippen molar-refractivity contribution in [2.24, 2.45) is 0 Å². The second-order valence-electron chi connectivity index (χ2n) is 3.35. The van der Waals surface area contributed by atoms with Crippen molar-refractivity contribution < 1.29 is 28.6 Å². The first-order valence-electron chi connectivity index (χ1n) is 5.15. The van der Waals surface area contributed by atoms with E-state index in [2.05, 4.69) is 16.6 Å². The highest BCUT2D eigenvalue weighted by atomic mass is 19.1. The van der Waals surface area contributed by atoms with Gasteiger partial charge in [-0.3, -0.25) is 5.32 Å². The first-order chi connectivity index (χ1) is 8.99. The van der Waals surface area contributed by atoms with Crippen LogP contribution in [0, 0.1) is 5.82 Å². The number of nitrogens with one attached hydrogen (secondary N) is 1. The number of ether oxygens (including phenoxy) is 2. The van der Waals surface area contributed by atoms with Crippen LogP contribution in [0.3, 0.4) is 0 Å². The van der Waals surface area contributed by atoms with Crippen molar-refractivity contribution in [1.82, 2.24) is 0 Å². The number of carbonyl (C=O) groups excluding carboxylic acids is 1. The van der Waals surface area contributed by atoms with Crippen LogP contribution < -0.4 is 10.1 Å². The van der Waals surface area contributed by atoms with E-state index in [0.29, 0.717) is 0 Å². The van der Waals surface area contributed by atoms with E-state index in [1.54, 1.807) is 0 Å². The molecule has 102 valence electrons. The van der Waals surface area contributed by atoms with Gasteiger partial charge in [0.15, 0.2) is 0 Å². The molecule has 0 heterocycles. The third-order valence-electron chi connectivity index (χ3n) is 2.08. The van der Waals surface area contributed by atoms with Crippen molar-refractivity contribution in [3.8, 4) is 5.75 Å². The first-order valence-corrected chi connectivity index (χ1v) is 5.15. The Balaban J connectivity index is 3.09. The molecule has 0 aliphatic carbocycles. The average Bonchev–Trinajstić information content (AvgIpc) is 2.35. The predicted molar refractivity (Wildman–Crippen MR) is 65.1 cm³/mol. The number of amides is 1. The molecule has 0 bridgehead atoms. The Morgan fingerprint density at radius 2 is 2.21 bits per heavy atom. The third-order valence-corrected chi connectivity index (χ3v) is 2.08. The molecule has 0 aromatic heterocycles. The average molecular weight is 269 g/mol. The zero-order valence-electron chi connectivity index (χ0n) is 10.1. The highest BCUT2D eigenvalue weighted by Gasteiger charge is 2.19. The summed E-state index contributed by atoms with van der Waals surface area (Å²) in [5.41, 5.74) is -0.922. The first kappa shape index (κ1) is 14.5. The van der Waals surface area contributed by atoms with Gasteiger partial charge in [0.25, 0.3) is 0 Å². The number of hydrogen-bond donors (Lipinski definition) is 2. The summed E-state index contributed by atoms with van der Waals surface area (Å²) < 4.78 is 23.0. The van der Waals surface area contributed by atoms with Gasteiger partial charge in [0.2, 0.25) is 0 Å². The Bertz CT molecular complexity index is 515. The number of halogens is 1. The quantitative estimate of drug-likeness (QED) is 0.801. The van der Waals surface area contributed by atoms with Gasteiger partial charge in [0.1, 0.15) is 23.7 Å². The lowest BCUT2D eigenvalue weighted by Crippen LogP contribution is -2.17. The van der Waals surface area contributed by atoms with E-state index in [9.17, 15) is 14.0 Å². The van der Waals surface area contributed by atoms with Gasteiger partial charge in [-0.25, -0.2) is 14.0 Å². The molecule has 1 amide bonds. The Labute approximate surface area is 108 Å². The number of hydrogen-bond acceptors (Lipinski definition) is 4. The van der Waals surface area contributed by atoms with E-state index < -0.39 is 23.4 Å². The SMILES string of the molecule is C=CCOC(=O)Nc1cc(OC)cc(F)c1C(=O)O. The molecule has 0 spiro atoms. The maximum Gasteiger partial charge on any atom is 0.411 e. The number of aromatic carboxylic acids is 1. The molecule has 7 heteroatoms. The monoisotopic (exact) mass is 269 g/mol. The third kappa shape index (κ3) is 3.70. The summed E-state index contributed by atoms with van der Waals surface area (Å²) in [6.07, 6.45) is 0.416. The van der Waals surface area contributed by atoms with Crippen LogP contribution >= 0.6 is 0 Å². The number of methoxy groups -OCH3 is 1. The molecule has 1 aromatic rings. The van der Waals surface area contributed by atoms with Gasteiger partial charge in [0, 0.05) is 12.1 Å². The van der Waals surface area contributed by atoms with Crippen LogP contribution in [0.25, 0.3) is 0 Å². The van der Waals surface area contributed by atoms with Crippen molar-refractivity contribution in [2.75, 3.05) is 19.0 Å². The summed E-state index contributed by atoms with van der Waals surface area (Å²) in [6.45, 7) is 3.29. The molecule has 6 nitrogen and oxygen atoms in total. The Hall–Kier alpha value is -2.57. The highest BCUT2D eigenvalue weighted by molar-refractivity contribution is 5.99. The second kappa shape index (κ2) is 6.39. The molecule has 0 saturated carbocycles. The van der Waals surface area contributed by atoms with Crippen LogP contribution in [0.2, 0.25) is 0 Å². The van der Waals surface area contributed by atoms with Crippen LogP contribution in [0.4, 0.5) is 14.9 Å². The minimum atomic E-state index is -1.51. The van der Waals surface area contributed by atoms with E-state index in [-0.39, 0.29) is 18.0 Å². The van der Waals surface area contributed by atoms with Crippen LogP contribution in [0.1, 0.15) is 10.4 Å². The van der Waals surface area contributed by atoms with Crippen molar-refractivity contribution in [2.45, 2.75) is 0 Å². The van der Waals surface area contributed by atoms with Gasteiger partial charge in [-0.2, -0.15) is 0 Å². The Kier molecular flexibility index (Phi) is 4.87. The molecule has 0 saturated heterocycles. The van der Waals surface area contributed by atoms with E-state index in [0.717, 1.165) is 6.07 Å². The molecule has 0 fully saturated rings. The summed E-state index contributed by atoms with van der Waals surface area (Å²) in [7, 11) is 1.29. The molecule has 0 aliphatic heterocycles. The van der Waals surface area contributed by atoms with E-state index in [1.165, 1.54) is 19.3 Å². The maximum atomic E-state index is 13.6. The number of carboxylic acids is 1. The molecule has 2 N–H and O–H groups in total. The molecule has 0 radical (unpaired) electrons. The maximum absolute atomic E-state index is 13.6. The summed E-state index contributed by atoms with van der Waals surface area (Å²) in [5.74, 6) is -2.47. The van der Waals surface area contributed by atoms with Crippen LogP contribution in [-0.4, -0.2) is 30.9 Å². The van der Waals surface area contributed by atoms with Crippen molar-refractivity contribution in [1.29, 1.82) is 0 Å². The van der Waals surface area contributed by atoms with Gasteiger partial charge >= 0.3 is 12.1 Å². The number of carboxylic acid groups (broad SMARTS) is 1. The molecule has 19 heavy (non-hydrogen) atoms. The zero-order chi connectivity index (χ0) is 14.4. The molecule has 1 rings (SSSR count). The number of anilines is 1. The summed E-state index contributed by atoms with van der Waals surface area (Å²) >= 11 is 0. The minimum absolute atomic E-state index is 0.0549. The zero-order valence-corrected chi connectivity index (χ0v) is 10.1. The fourth-order valence-corrected chi connectivity index (χ4v) is 1.30. The summed E-state index contributed by atoms with van der Waals surface area (Å²) in [4.78, 5) is 22.3. The molecular formula is C12H12FNO5. The Morgan fingerprint density at radius 1 is 1.53 bits per heavy atom. The van der Waals surface area contributed by atoms with Gasteiger partial charge < -0.3 is 14.6 Å². The fourth-order valence-electron chi connectivity index (χ4n) is 1.30. The van der Waals surface area contributed by atoms with E-state index in [1.807, 2.05) is 0 Å². The van der Waals surface area contributed by atoms with Gasteiger partial charge in [-0.15, -0.1) is 0 Å². The van der Waals surface area contributed by atoms with Gasteiger partial charge in [-0.05, 0) is 0 Å². The normalized spacial score (nSPS) is 9.58. The molecule has 0 unspecified atom stereocenters. The second-order valence-corrected chi connectivity index (χ2v) is 3.35.